The second kappa shape index (κ2) is 6.41. The van der Waals surface area contributed by atoms with E-state index in [-0.39, 0.29) is 5.84 Å². The van der Waals surface area contributed by atoms with Gasteiger partial charge in [-0.1, -0.05) is 30.3 Å². The lowest BCUT2D eigenvalue weighted by Crippen LogP contribution is -2.52. The summed E-state index contributed by atoms with van der Waals surface area (Å²) in [5.41, 5.74) is 7.08. The zero-order valence-corrected chi connectivity index (χ0v) is 12.2. The minimum atomic E-state index is -1.23. The third-order valence-electron chi connectivity index (χ3n) is 3.39. The molecule has 2 aromatic rings. The molecule has 3 rings (SSSR count). The van der Waals surface area contributed by atoms with Gasteiger partial charge in [-0.3, -0.25) is 9.59 Å². The van der Waals surface area contributed by atoms with Crippen molar-refractivity contribution in [1.29, 1.82) is 0 Å². The predicted octanol–water partition coefficient (Wildman–Crippen LogP) is 0.996. The average Bonchev–Trinajstić information content (AvgIpc) is 2.59. The largest absolute Gasteiger partial charge is 0.489 e. The van der Waals surface area contributed by atoms with E-state index in [1.165, 1.54) is 0 Å². The number of carbonyl (C=O) groups is 2. The summed E-state index contributed by atoms with van der Waals surface area (Å²) in [6.07, 6.45) is 0. The van der Waals surface area contributed by atoms with Gasteiger partial charge in [-0.2, -0.15) is 4.99 Å². The Morgan fingerprint density at radius 2 is 1.74 bits per heavy atom. The van der Waals surface area contributed by atoms with Gasteiger partial charge in [-0.05, 0) is 29.8 Å². The Kier molecular flexibility index (Phi) is 4.16. The second-order valence-electron chi connectivity index (χ2n) is 5.06. The monoisotopic (exact) mass is 309 g/mol. The van der Waals surface area contributed by atoms with Crippen LogP contribution in [0.25, 0.3) is 0 Å². The maximum Gasteiger partial charge on any atom is 0.274 e. The lowest BCUT2D eigenvalue weighted by Gasteiger charge is -2.17. The Hall–Kier alpha value is -2.99. The highest BCUT2D eigenvalue weighted by atomic mass is 16.5. The summed E-state index contributed by atoms with van der Waals surface area (Å²) >= 11 is 0. The molecule has 0 spiro atoms. The van der Waals surface area contributed by atoms with Crippen LogP contribution in [0.1, 0.15) is 11.1 Å². The fraction of sp³-hybridized carbons (Fsp3) is 0.118. The van der Waals surface area contributed by atoms with E-state index >= 15 is 0 Å². The SMILES string of the molecule is NC1C(=O)N=C(c2ccc(OCc3ccccc3)cc2)NC1=O. The summed E-state index contributed by atoms with van der Waals surface area (Å²) in [5, 5.41) is 2.51. The van der Waals surface area contributed by atoms with Gasteiger partial charge in [0.05, 0.1) is 0 Å². The van der Waals surface area contributed by atoms with Gasteiger partial charge < -0.3 is 15.8 Å². The van der Waals surface area contributed by atoms with Crippen molar-refractivity contribution in [3.8, 4) is 5.75 Å². The maximum atomic E-state index is 11.6. The molecule has 2 aromatic carbocycles. The van der Waals surface area contributed by atoms with Gasteiger partial charge in [-0.15, -0.1) is 0 Å². The number of aliphatic imine (C=N–C) groups is 1. The van der Waals surface area contributed by atoms with Crippen molar-refractivity contribution in [2.24, 2.45) is 10.7 Å². The van der Waals surface area contributed by atoms with Gasteiger partial charge in [0.1, 0.15) is 18.2 Å². The predicted molar refractivity (Wildman–Crippen MR) is 84.9 cm³/mol. The van der Waals surface area contributed by atoms with Gasteiger partial charge in [0.15, 0.2) is 6.04 Å². The van der Waals surface area contributed by atoms with Gasteiger partial charge >= 0.3 is 0 Å². The molecule has 2 amide bonds. The van der Waals surface area contributed by atoms with E-state index in [0.717, 1.165) is 5.56 Å². The molecule has 1 unspecified atom stereocenters. The normalized spacial score (nSPS) is 17.4. The molecule has 0 radical (unpaired) electrons. The average molecular weight is 309 g/mol. The van der Waals surface area contributed by atoms with Crippen molar-refractivity contribution >= 4 is 17.6 Å². The van der Waals surface area contributed by atoms with Crippen LogP contribution >= 0.6 is 0 Å². The van der Waals surface area contributed by atoms with Gasteiger partial charge in [0, 0.05) is 5.56 Å². The Balaban J connectivity index is 1.69. The van der Waals surface area contributed by atoms with Crippen LogP contribution in [-0.2, 0) is 16.2 Å². The number of carbonyl (C=O) groups excluding carboxylic acids is 2. The molecule has 1 atom stereocenters. The van der Waals surface area contributed by atoms with E-state index in [9.17, 15) is 9.59 Å². The first-order valence-electron chi connectivity index (χ1n) is 7.09. The summed E-state index contributed by atoms with van der Waals surface area (Å²) in [7, 11) is 0. The van der Waals surface area contributed by atoms with Gasteiger partial charge in [0.2, 0.25) is 0 Å². The molecule has 0 saturated carbocycles. The summed E-state index contributed by atoms with van der Waals surface area (Å²) in [5.74, 6) is -0.308. The van der Waals surface area contributed by atoms with Gasteiger partial charge in [0.25, 0.3) is 11.8 Å². The van der Waals surface area contributed by atoms with E-state index in [0.29, 0.717) is 17.9 Å². The Morgan fingerprint density at radius 1 is 1.04 bits per heavy atom. The zero-order valence-electron chi connectivity index (χ0n) is 12.2. The number of amides is 2. The van der Waals surface area contributed by atoms with Crippen LogP contribution in [0.2, 0.25) is 0 Å². The molecule has 3 N–H and O–H groups in total. The molecule has 6 nitrogen and oxygen atoms in total. The third-order valence-corrected chi connectivity index (χ3v) is 3.39. The number of rotatable bonds is 4. The second-order valence-corrected chi connectivity index (χ2v) is 5.06. The number of hydrogen-bond donors (Lipinski definition) is 2. The molecule has 0 aromatic heterocycles. The lowest BCUT2D eigenvalue weighted by atomic mass is 10.1. The lowest BCUT2D eigenvalue weighted by molar-refractivity contribution is -0.129. The number of hydrogen-bond acceptors (Lipinski definition) is 4. The highest BCUT2D eigenvalue weighted by Gasteiger charge is 2.28. The smallest absolute Gasteiger partial charge is 0.274 e. The Labute approximate surface area is 133 Å². The van der Waals surface area contributed by atoms with Crippen LogP contribution in [0, 0.1) is 0 Å². The number of nitrogens with two attached hydrogens (primary N) is 1. The molecule has 0 saturated heterocycles. The fourth-order valence-corrected chi connectivity index (χ4v) is 2.10. The van der Waals surface area contributed by atoms with Crippen LogP contribution < -0.4 is 15.8 Å². The first kappa shape index (κ1) is 14.9. The molecule has 0 aliphatic carbocycles. The third kappa shape index (κ3) is 3.44. The molecular formula is C17H15N3O3. The van der Waals surface area contributed by atoms with Crippen molar-refractivity contribution in [1.82, 2.24) is 5.32 Å². The molecule has 23 heavy (non-hydrogen) atoms. The molecule has 1 heterocycles. The first-order valence-corrected chi connectivity index (χ1v) is 7.09. The quantitative estimate of drug-likeness (QED) is 0.824. The van der Waals surface area contributed by atoms with E-state index in [4.69, 9.17) is 10.5 Å². The molecular weight excluding hydrogens is 294 g/mol. The van der Waals surface area contributed by atoms with E-state index in [1.54, 1.807) is 24.3 Å². The van der Waals surface area contributed by atoms with Crippen molar-refractivity contribution in [3.05, 3.63) is 65.7 Å². The minimum absolute atomic E-state index is 0.205. The molecule has 116 valence electrons. The number of ether oxygens (including phenoxy) is 1. The van der Waals surface area contributed by atoms with Crippen molar-refractivity contribution in [3.63, 3.8) is 0 Å². The standard InChI is InChI=1S/C17H15N3O3/c18-14-16(21)19-15(20-17(14)22)12-6-8-13(9-7-12)23-10-11-4-2-1-3-5-11/h1-9,14H,10,18H2,(H,19,20,21,22). The number of nitrogens with one attached hydrogen (secondary N) is 1. The summed E-state index contributed by atoms with van der Waals surface area (Å²) in [4.78, 5) is 26.9. The topological polar surface area (TPSA) is 93.8 Å². The van der Waals surface area contributed by atoms with Crippen molar-refractivity contribution < 1.29 is 14.3 Å². The fourth-order valence-electron chi connectivity index (χ4n) is 2.10. The van der Waals surface area contributed by atoms with Crippen molar-refractivity contribution in [2.75, 3.05) is 0 Å². The van der Waals surface area contributed by atoms with E-state index < -0.39 is 17.9 Å². The molecule has 0 fully saturated rings. The minimum Gasteiger partial charge on any atom is -0.489 e. The highest BCUT2D eigenvalue weighted by Crippen LogP contribution is 2.15. The van der Waals surface area contributed by atoms with Crippen LogP contribution in [0.15, 0.2) is 59.6 Å². The Bertz CT molecular complexity index is 754. The number of nitrogens with zero attached hydrogens (tertiary/aromatic N) is 1. The zero-order chi connectivity index (χ0) is 16.2. The number of benzene rings is 2. The van der Waals surface area contributed by atoms with Crippen LogP contribution in [0.3, 0.4) is 0 Å². The van der Waals surface area contributed by atoms with Crippen LogP contribution in [0.4, 0.5) is 0 Å². The Morgan fingerprint density at radius 3 is 2.39 bits per heavy atom. The molecule has 6 heteroatoms. The summed E-state index contributed by atoms with van der Waals surface area (Å²) < 4.78 is 5.68. The van der Waals surface area contributed by atoms with Gasteiger partial charge in [-0.25, -0.2) is 0 Å². The van der Waals surface area contributed by atoms with E-state index in [2.05, 4.69) is 10.3 Å². The van der Waals surface area contributed by atoms with Crippen molar-refractivity contribution in [2.45, 2.75) is 12.6 Å². The summed E-state index contributed by atoms with van der Waals surface area (Å²) in [6, 6.07) is 15.5. The molecule has 1 aliphatic heterocycles. The molecule has 1 aliphatic rings. The van der Waals surface area contributed by atoms with E-state index in [1.807, 2.05) is 30.3 Å². The number of amidine groups is 1. The van der Waals surface area contributed by atoms with Crippen LogP contribution in [0.5, 0.6) is 5.75 Å². The highest BCUT2D eigenvalue weighted by molar-refractivity contribution is 6.22. The van der Waals surface area contributed by atoms with Crippen LogP contribution in [-0.4, -0.2) is 23.7 Å². The molecule has 0 bridgehead atoms. The first-order chi connectivity index (χ1) is 11.1. The summed E-state index contributed by atoms with van der Waals surface area (Å²) in [6.45, 7) is 0.464. The maximum absolute atomic E-state index is 11.6.